The Kier molecular flexibility index (Phi) is 5.70. The number of hydrogen-bond donors (Lipinski definition) is 0. The molecule has 1 saturated carbocycles. The van der Waals surface area contributed by atoms with Gasteiger partial charge in [0.05, 0.1) is 5.75 Å². The number of thioether (sulfide) groups is 1. The molecule has 1 fully saturated rings. The number of hydrogen-bond acceptors (Lipinski definition) is 4. The number of ketones is 1. The zero-order valence-electron chi connectivity index (χ0n) is 18.4. The lowest BCUT2D eigenvalue weighted by Gasteiger charge is -2.10. The molecule has 2 aromatic carbocycles. The molecule has 4 aromatic rings. The van der Waals surface area contributed by atoms with Crippen LogP contribution in [0.1, 0.15) is 52.0 Å². The zero-order valence-corrected chi connectivity index (χ0v) is 19.2. The average Bonchev–Trinajstić information content (AvgIpc) is 3.49. The van der Waals surface area contributed by atoms with Crippen molar-refractivity contribution in [3.8, 4) is 5.69 Å². The summed E-state index contributed by atoms with van der Waals surface area (Å²) in [4.78, 5) is 13.1. The number of para-hydroxylation sites is 1. The highest BCUT2D eigenvalue weighted by Gasteiger charge is 2.28. The molecule has 0 saturated heterocycles. The second kappa shape index (κ2) is 8.79. The van der Waals surface area contributed by atoms with Crippen molar-refractivity contribution < 1.29 is 4.79 Å². The van der Waals surface area contributed by atoms with Crippen LogP contribution in [0.5, 0.6) is 0 Å². The number of benzene rings is 2. The van der Waals surface area contributed by atoms with Crippen LogP contribution < -0.4 is 0 Å². The first-order valence-electron chi connectivity index (χ1n) is 11.0. The minimum absolute atomic E-state index is 0.141. The van der Waals surface area contributed by atoms with E-state index in [-0.39, 0.29) is 5.78 Å². The molecule has 5 nitrogen and oxygen atoms in total. The van der Waals surface area contributed by atoms with Gasteiger partial charge in [-0.25, -0.2) is 0 Å². The van der Waals surface area contributed by atoms with Crippen LogP contribution in [0, 0.1) is 13.8 Å². The predicted molar refractivity (Wildman–Crippen MR) is 128 cm³/mol. The van der Waals surface area contributed by atoms with Gasteiger partial charge in [0.1, 0.15) is 5.82 Å². The predicted octanol–water partition coefficient (Wildman–Crippen LogP) is 5.59. The summed E-state index contributed by atoms with van der Waals surface area (Å²) in [6.45, 7) is 4.16. The van der Waals surface area contributed by atoms with Crippen LogP contribution in [-0.4, -0.2) is 30.9 Å². The van der Waals surface area contributed by atoms with Gasteiger partial charge in [0.15, 0.2) is 10.9 Å². The number of aromatic nitrogens is 4. The molecule has 0 bridgehead atoms. The first kappa shape index (κ1) is 20.8. The minimum Gasteiger partial charge on any atom is -0.345 e. The van der Waals surface area contributed by atoms with E-state index in [0.717, 1.165) is 27.9 Å². The van der Waals surface area contributed by atoms with Gasteiger partial charge in [-0.3, -0.25) is 9.36 Å². The number of rotatable bonds is 8. The number of carbonyl (C=O) groups is 1. The molecule has 6 heteroatoms. The Morgan fingerprint density at radius 1 is 1.00 bits per heavy atom. The summed E-state index contributed by atoms with van der Waals surface area (Å²) in [7, 11) is 0. The van der Waals surface area contributed by atoms with Crippen molar-refractivity contribution in [2.24, 2.45) is 0 Å². The molecule has 162 valence electrons. The standard InChI is InChI=1S/C26H26N4OS/c1-18-15-23(19(2)29(18)22-13-14-22)24(31)17-32-26-28-27-25(16-20-9-5-3-6-10-20)30(26)21-11-7-4-8-12-21/h3-12,15,22H,13-14,16-17H2,1-2H3. The maximum atomic E-state index is 13.1. The molecule has 0 radical (unpaired) electrons. The van der Waals surface area contributed by atoms with E-state index in [1.807, 2.05) is 54.6 Å². The van der Waals surface area contributed by atoms with Crippen LogP contribution in [0.4, 0.5) is 0 Å². The highest BCUT2D eigenvalue weighted by Crippen LogP contribution is 2.38. The monoisotopic (exact) mass is 442 g/mol. The number of carbonyl (C=O) groups excluding carboxylic acids is 1. The van der Waals surface area contributed by atoms with E-state index in [2.05, 4.69) is 45.3 Å². The molecule has 2 heterocycles. The second-order valence-electron chi connectivity index (χ2n) is 8.33. The van der Waals surface area contributed by atoms with E-state index in [1.165, 1.54) is 35.9 Å². The molecule has 0 unspecified atom stereocenters. The Hall–Kier alpha value is -3.12. The first-order chi connectivity index (χ1) is 15.6. The third kappa shape index (κ3) is 4.15. The summed E-state index contributed by atoms with van der Waals surface area (Å²) in [5.41, 5.74) is 5.28. The van der Waals surface area contributed by atoms with Gasteiger partial charge >= 0.3 is 0 Å². The lowest BCUT2D eigenvalue weighted by atomic mass is 10.1. The molecule has 1 aliphatic rings. The summed E-state index contributed by atoms with van der Waals surface area (Å²) in [5.74, 6) is 1.34. The molecule has 1 aliphatic carbocycles. The van der Waals surface area contributed by atoms with Crippen LogP contribution >= 0.6 is 11.8 Å². The van der Waals surface area contributed by atoms with Crippen LogP contribution in [0.25, 0.3) is 5.69 Å². The summed E-state index contributed by atoms with van der Waals surface area (Å²) in [5, 5.41) is 9.68. The van der Waals surface area contributed by atoms with E-state index in [9.17, 15) is 4.79 Å². The summed E-state index contributed by atoms with van der Waals surface area (Å²) in [6, 6.07) is 23.0. The summed E-state index contributed by atoms with van der Waals surface area (Å²) >= 11 is 1.45. The Morgan fingerprint density at radius 3 is 2.38 bits per heavy atom. The largest absolute Gasteiger partial charge is 0.345 e. The summed E-state index contributed by atoms with van der Waals surface area (Å²) < 4.78 is 4.39. The molecule has 32 heavy (non-hydrogen) atoms. The van der Waals surface area contributed by atoms with E-state index < -0.39 is 0 Å². The maximum absolute atomic E-state index is 13.1. The number of nitrogens with zero attached hydrogens (tertiary/aromatic N) is 4. The summed E-state index contributed by atoms with van der Waals surface area (Å²) in [6.07, 6.45) is 3.10. The van der Waals surface area contributed by atoms with Crippen molar-refractivity contribution in [1.29, 1.82) is 0 Å². The SMILES string of the molecule is Cc1cc(C(=O)CSc2nnc(Cc3ccccc3)n2-c2ccccc2)c(C)n1C1CC1. The molecule has 5 rings (SSSR count). The van der Waals surface area contributed by atoms with E-state index >= 15 is 0 Å². The number of Topliss-reactive ketones (excluding diaryl/α,β-unsaturated/α-hetero) is 1. The van der Waals surface area contributed by atoms with Gasteiger partial charge in [0.25, 0.3) is 0 Å². The van der Waals surface area contributed by atoms with Crippen molar-refractivity contribution in [3.05, 3.63) is 95.1 Å². The highest BCUT2D eigenvalue weighted by molar-refractivity contribution is 7.99. The van der Waals surface area contributed by atoms with Crippen molar-refractivity contribution in [1.82, 2.24) is 19.3 Å². The second-order valence-corrected chi connectivity index (χ2v) is 9.27. The van der Waals surface area contributed by atoms with Gasteiger partial charge in [0.2, 0.25) is 0 Å². The molecule has 0 atom stereocenters. The normalized spacial score (nSPS) is 13.4. The maximum Gasteiger partial charge on any atom is 0.196 e. The van der Waals surface area contributed by atoms with Gasteiger partial charge in [-0.1, -0.05) is 60.3 Å². The Balaban J connectivity index is 1.40. The Morgan fingerprint density at radius 2 is 1.69 bits per heavy atom. The Bertz CT molecular complexity index is 1240. The Labute approximate surface area is 192 Å². The van der Waals surface area contributed by atoms with E-state index in [4.69, 9.17) is 0 Å². The molecule has 0 spiro atoms. The third-order valence-corrected chi connectivity index (χ3v) is 6.88. The topological polar surface area (TPSA) is 52.7 Å². The van der Waals surface area contributed by atoms with Gasteiger partial charge in [-0.15, -0.1) is 10.2 Å². The molecule has 0 amide bonds. The van der Waals surface area contributed by atoms with Crippen LogP contribution in [0.3, 0.4) is 0 Å². The quantitative estimate of drug-likeness (QED) is 0.264. The van der Waals surface area contributed by atoms with Gasteiger partial charge in [0, 0.05) is 35.1 Å². The minimum atomic E-state index is 0.141. The fraction of sp³-hybridized carbons (Fsp3) is 0.269. The molecular weight excluding hydrogens is 416 g/mol. The molecule has 0 N–H and O–H groups in total. The van der Waals surface area contributed by atoms with E-state index in [1.54, 1.807) is 0 Å². The lowest BCUT2D eigenvalue weighted by Crippen LogP contribution is -2.08. The first-order valence-corrected chi connectivity index (χ1v) is 12.0. The average molecular weight is 443 g/mol. The van der Waals surface area contributed by atoms with Crippen molar-refractivity contribution in [2.45, 2.75) is 44.3 Å². The molecule has 0 aliphatic heterocycles. The molecular formula is C26H26N4OS. The van der Waals surface area contributed by atoms with Crippen molar-refractivity contribution in [3.63, 3.8) is 0 Å². The fourth-order valence-electron chi connectivity index (χ4n) is 4.28. The lowest BCUT2D eigenvalue weighted by molar-refractivity contribution is 0.102. The molecule has 2 aromatic heterocycles. The van der Waals surface area contributed by atoms with Crippen molar-refractivity contribution >= 4 is 17.5 Å². The van der Waals surface area contributed by atoms with E-state index in [0.29, 0.717) is 18.2 Å². The van der Waals surface area contributed by atoms with Gasteiger partial charge < -0.3 is 4.57 Å². The van der Waals surface area contributed by atoms with Crippen molar-refractivity contribution in [2.75, 3.05) is 5.75 Å². The van der Waals surface area contributed by atoms with Crippen LogP contribution in [0.2, 0.25) is 0 Å². The fourth-order valence-corrected chi connectivity index (χ4v) is 5.14. The smallest absolute Gasteiger partial charge is 0.196 e. The third-order valence-electron chi connectivity index (χ3n) is 5.95. The van der Waals surface area contributed by atoms with Gasteiger partial charge in [-0.2, -0.15) is 0 Å². The zero-order chi connectivity index (χ0) is 22.1. The number of aryl methyl sites for hydroxylation is 1. The van der Waals surface area contributed by atoms with Gasteiger partial charge in [-0.05, 0) is 50.5 Å². The van der Waals surface area contributed by atoms with Crippen LogP contribution in [0.15, 0.2) is 71.9 Å². The highest BCUT2D eigenvalue weighted by atomic mass is 32.2. The van der Waals surface area contributed by atoms with Crippen LogP contribution in [-0.2, 0) is 6.42 Å².